The topological polar surface area (TPSA) is 70.9 Å². The smallest absolute Gasteiger partial charge is 0.239 e. The lowest BCUT2D eigenvalue weighted by molar-refractivity contribution is -0.120. The second-order valence-corrected chi connectivity index (χ2v) is 5.99. The molecule has 0 spiro atoms. The van der Waals surface area contributed by atoms with E-state index in [2.05, 4.69) is 26.3 Å². The minimum atomic E-state index is -0.0887. The van der Waals surface area contributed by atoms with Crippen molar-refractivity contribution in [1.29, 1.82) is 0 Å². The number of carbonyl (C=O) groups is 1. The minimum Gasteiger partial charge on any atom is -0.497 e. The highest BCUT2D eigenvalue weighted by Crippen LogP contribution is 2.10. The van der Waals surface area contributed by atoms with Crippen molar-refractivity contribution >= 4 is 11.9 Å². The molecule has 2 aromatic rings. The molecular formula is C19H27N5O2. The first-order chi connectivity index (χ1) is 12.5. The second kappa shape index (κ2) is 9.50. The first kappa shape index (κ1) is 19.4. The van der Waals surface area contributed by atoms with E-state index in [1.54, 1.807) is 14.2 Å². The molecular weight excluding hydrogens is 330 g/mol. The van der Waals surface area contributed by atoms with Crippen LogP contribution in [0, 0.1) is 0 Å². The maximum Gasteiger partial charge on any atom is 0.239 e. The average Bonchev–Trinajstić information content (AvgIpc) is 3.05. The molecule has 0 bridgehead atoms. The van der Waals surface area contributed by atoms with E-state index in [1.807, 2.05) is 55.5 Å². The van der Waals surface area contributed by atoms with E-state index in [1.165, 1.54) is 5.69 Å². The van der Waals surface area contributed by atoms with Gasteiger partial charge in [0.05, 0.1) is 20.2 Å². The molecule has 0 aliphatic rings. The number of aliphatic imine (C=N–C) groups is 1. The van der Waals surface area contributed by atoms with Crippen LogP contribution in [0.1, 0.15) is 11.3 Å². The summed E-state index contributed by atoms with van der Waals surface area (Å²) < 4.78 is 7.18. The molecule has 1 amide bonds. The number of aryl methyl sites for hydroxylation is 1. The van der Waals surface area contributed by atoms with Crippen LogP contribution in [-0.4, -0.2) is 49.1 Å². The summed E-state index contributed by atoms with van der Waals surface area (Å²) in [7, 11) is 7.28. The number of benzene rings is 1. The second-order valence-electron chi connectivity index (χ2n) is 5.99. The van der Waals surface area contributed by atoms with E-state index in [-0.39, 0.29) is 12.5 Å². The Morgan fingerprint density at radius 3 is 2.54 bits per heavy atom. The fraction of sp³-hybridized carbons (Fsp3) is 0.368. The Labute approximate surface area is 154 Å². The summed E-state index contributed by atoms with van der Waals surface area (Å²) >= 11 is 0. The molecule has 7 heteroatoms. The molecule has 0 radical (unpaired) electrons. The Kier molecular flexibility index (Phi) is 7.08. The quantitative estimate of drug-likeness (QED) is 0.580. The molecule has 1 aromatic heterocycles. The Hall–Kier alpha value is -2.96. The molecule has 0 fully saturated rings. The standard InChI is InChI=1S/C19H27N5O2/c1-20-19(24(3)14-16-6-5-11-23(16)2)22-13-18(25)21-12-15-7-9-17(26-4)10-8-15/h5-11H,12-14H2,1-4H3,(H,20,22)(H,21,25). The third-order valence-corrected chi connectivity index (χ3v) is 4.08. The summed E-state index contributed by atoms with van der Waals surface area (Å²) in [5, 5.41) is 5.98. The molecule has 140 valence electrons. The molecule has 2 rings (SSSR count). The van der Waals surface area contributed by atoms with Gasteiger partial charge in [0.15, 0.2) is 5.96 Å². The molecule has 26 heavy (non-hydrogen) atoms. The minimum absolute atomic E-state index is 0.0887. The average molecular weight is 357 g/mol. The van der Waals surface area contributed by atoms with Crippen molar-refractivity contribution < 1.29 is 9.53 Å². The number of nitrogens with one attached hydrogen (secondary N) is 2. The van der Waals surface area contributed by atoms with Crippen molar-refractivity contribution in [1.82, 2.24) is 20.1 Å². The van der Waals surface area contributed by atoms with Gasteiger partial charge in [-0.1, -0.05) is 12.1 Å². The van der Waals surface area contributed by atoms with Gasteiger partial charge in [0, 0.05) is 39.6 Å². The molecule has 0 atom stereocenters. The van der Waals surface area contributed by atoms with Crippen molar-refractivity contribution in [3.8, 4) is 5.75 Å². The summed E-state index contributed by atoms with van der Waals surface area (Å²) in [6, 6.07) is 11.7. The zero-order chi connectivity index (χ0) is 18.9. The number of carbonyl (C=O) groups excluding carboxylic acids is 1. The number of nitrogens with zero attached hydrogens (tertiary/aromatic N) is 3. The normalized spacial score (nSPS) is 11.2. The number of methoxy groups -OCH3 is 1. The van der Waals surface area contributed by atoms with E-state index >= 15 is 0 Å². The molecule has 0 saturated heterocycles. The molecule has 1 heterocycles. The Balaban J connectivity index is 1.77. The largest absolute Gasteiger partial charge is 0.497 e. The lowest BCUT2D eigenvalue weighted by Crippen LogP contribution is -2.43. The molecule has 0 saturated carbocycles. The molecule has 0 aliphatic heterocycles. The predicted molar refractivity (Wildman–Crippen MR) is 103 cm³/mol. The highest BCUT2D eigenvalue weighted by atomic mass is 16.5. The molecule has 7 nitrogen and oxygen atoms in total. The van der Waals surface area contributed by atoms with Crippen LogP contribution < -0.4 is 15.4 Å². The van der Waals surface area contributed by atoms with E-state index in [0.29, 0.717) is 19.0 Å². The first-order valence-electron chi connectivity index (χ1n) is 8.45. The molecule has 1 aromatic carbocycles. The fourth-order valence-corrected chi connectivity index (χ4v) is 2.53. The molecule has 2 N–H and O–H groups in total. The van der Waals surface area contributed by atoms with Gasteiger partial charge in [0.25, 0.3) is 0 Å². The summed E-state index contributed by atoms with van der Waals surface area (Å²) in [4.78, 5) is 18.3. The van der Waals surface area contributed by atoms with Gasteiger partial charge < -0.3 is 24.8 Å². The van der Waals surface area contributed by atoms with Gasteiger partial charge in [-0.15, -0.1) is 0 Å². The SMILES string of the molecule is CN=C(NCC(=O)NCc1ccc(OC)cc1)N(C)Cc1cccn1C. The van der Waals surface area contributed by atoms with E-state index in [0.717, 1.165) is 11.3 Å². The highest BCUT2D eigenvalue weighted by molar-refractivity contribution is 5.86. The van der Waals surface area contributed by atoms with Gasteiger partial charge in [-0.25, -0.2) is 0 Å². The van der Waals surface area contributed by atoms with Crippen molar-refractivity contribution in [2.24, 2.45) is 12.0 Å². The van der Waals surface area contributed by atoms with Crippen LogP contribution in [0.25, 0.3) is 0 Å². The van der Waals surface area contributed by atoms with Crippen LogP contribution in [0.4, 0.5) is 0 Å². The number of hydrogen-bond acceptors (Lipinski definition) is 3. The molecule has 0 aliphatic carbocycles. The maximum absolute atomic E-state index is 12.1. The van der Waals surface area contributed by atoms with Gasteiger partial charge >= 0.3 is 0 Å². The fourth-order valence-electron chi connectivity index (χ4n) is 2.53. The lowest BCUT2D eigenvalue weighted by atomic mass is 10.2. The van der Waals surface area contributed by atoms with Crippen molar-refractivity contribution in [2.75, 3.05) is 27.7 Å². The van der Waals surface area contributed by atoms with E-state index in [4.69, 9.17) is 4.74 Å². The maximum atomic E-state index is 12.1. The first-order valence-corrected chi connectivity index (χ1v) is 8.45. The summed E-state index contributed by atoms with van der Waals surface area (Å²) in [5.41, 5.74) is 2.18. The van der Waals surface area contributed by atoms with Gasteiger partial charge in [-0.2, -0.15) is 0 Å². The Morgan fingerprint density at radius 1 is 1.23 bits per heavy atom. The van der Waals surface area contributed by atoms with Crippen LogP contribution in [-0.2, 0) is 24.9 Å². The number of hydrogen-bond donors (Lipinski definition) is 2. The predicted octanol–water partition coefficient (Wildman–Crippen LogP) is 1.36. The van der Waals surface area contributed by atoms with Crippen molar-refractivity contribution in [3.05, 3.63) is 53.9 Å². The summed E-state index contributed by atoms with van der Waals surface area (Å²) in [6.45, 7) is 1.35. The van der Waals surface area contributed by atoms with Crippen LogP contribution in [0.15, 0.2) is 47.6 Å². The number of guanidine groups is 1. The van der Waals surface area contributed by atoms with Crippen LogP contribution in [0.3, 0.4) is 0 Å². The number of ether oxygens (including phenoxy) is 1. The van der Waals surface area contributed by atoms with Gasteiger partial charge in [0.1, 0.15) is 5.75 Å². The number of amides is 1. The zero-order valence-electron chi connectivity index (χ0n) is 15.8. The van der Waals surface area contributed by atoms with Gasteiger partial charge in [0.2, 0.25) is 5.91 Å². The number of rotatable bonds is 7. The third-order valence-electron chi connectivity index (χ3n) is 4.08. The van der Waals surface area contributed by atoms with Crippen molar-refractivity contribution in [2.45, 2.75) is 13.1 Å². The summed E-state index contributed by atoms with van der Waals surface area (Å²) in [5.74, 6) is 1.38. The zero-order valence-corrected chi connectivity index (χ0v) is 15.8. The third kappa shape index (κ3) is 5.54. The Morgan fingerprint density at radius 2 is 1.96 bits per heavy atom. The van der Waals surface area contributed by atoms with Crippen molar-refractivity contribution in [3.63, 3.8) is 0 Å². The van der Waals surface area contributed by atoms with Crippen LogP contribution >= 0.6 is 0 Å². The Bertz CT molecular complexity index is 737. The summed E-state index contributed by atoms with van der Waals surface area (Å²) in [6.07, 6.45) is 2.01. The van der Waals surface area contributed by atoms with Gasteiger partial charge in [-0.05, 0) is 29.8 Å². The van der Waals surface area contributed by atoms with E-state index < -0.39 is 0 Å². The number of aromatic nitrogens is 1. The van der Waals surface area contributed by atoms with E-state index in [9.17, 15) is 4.79 Å². The monoisotopic (exact) mass is 357 g/mol. The van der Waals surface area contributed by atoms with Crippen LogP contribution in [0.2, 0.25) is 0 Å². The van der Waals surface area contributed by atoms with Gasteiger partial charge in [-0.3, -0.25) is 9.79 Å². The lowest BCUT2D eigenvalue weighted by Gasteiger charge is -2.22. The highest BCUT2D eigenvalue weighted by Gasteiger charge is 2.10. The van der Waals surface area contributed by atoms with Crippen LogP contribution in [0.5, 0.6) is 5.75 Å². The molecule has 0 unspecified atom stereocenters.